The first kappa shape index (κ1) is 14.0. The van der Waals surface area contributed by atoms with Crippen LogP contribution in [0.1, 0.15) is 31.7 Å². The summed E-state index contributed by atoms with van der Waals surface area (Å²) in [5.74, 6) is -0.0199. The van der Waals surface area contributed by atoms with Gasteiger partial charge >= 0.3 is 0 Å². The zero-order valence-electron chi connectivity index (χ0n) is 10.7. The third-order valence-corrected chi connectivity index (χ3v) is 2.55. The quantitative estimate of drug-likeness (QED) is 0.724. The molecule has 1 aromatic carbocycles. The van der Waals surface area contributed by atoms with Crippen LogP contribution >= 0.6 is 0 Å². The Hall–Kier alpha value is -2.02. The third-order valence-electron chi connectivity index (χ3n) is 2.55. The van der Waals surface area contributed by atoms with Crippen LogP contribution < -0.4 is 10.6 Å². The number of carbonyl (C=O) groups is 1. The Morgan fingerprint density at radius 1 is 1.39 bits per heavy atom. The minimum atomic E-state index is -0.0199. The molecule has 1 aromatic rings. The van der Waals surface area contributed by atoms with E-state index in [1.165, 1.54) is 0 Å². The van der Waals surface area contributed by atoms with Crippen LogP contribution in [0.3, 0.4) is 0 Å². The number of rotatable bonds is 7. The number of unbranched alkanes of at least 4 members (excludes halogenated alkanes) is 2. The van der Waals surface area contributed by atoms with Crippen LogP contribution in [-0.4, -0.2) is 19.0 Å². The molecule has 0 aliphatic heterocycles. The van der Waals surface area contributed by atoms with E-state index in [1.54, 1.807) is 18.2 Å². The standard InChI is InChI=1S/C14H19N3O/c1-2-3-4-8-16-14(18)11-17-13-7-5-6-12(9-13)10-15/h5-7,9,17H,2-4,8,11H2,1H3,(H,16,18). The van der Waals surface area contributed by atoms with Crippen molar-refractivity contribution in [1.82, 2.24) is 5.32 Å². The zero-order chi connectivity index (χ0) is 13.2. The Balaban J connectivity index is 2.27. The highest BCUT2D eigenvalue weighted by Crippen LogP contribution is 2.08. The van der Waals surface area contributed by atoms with Gasteiger partial charge in [0.25, 0.3) is 0 Å². The Bertz CT molecular complexity index is 423. The van der Waals surface area contributed by atoms with Crippen molar-refractivity contribution in [2.45, 2.75) is 26.2 Å². The molecule has 0 unspecified atom stereocenters. The highest BCUT2D eigenvalue weighted by atomic mass is 16.1. The summed E-state index contributed by atoms with van der Waals surface area (Å²) in [6, 6.07) is 9.15. The van der Waals surface area contributed by atoms with Crippen LogP contribution in [0, 0.1) is 11.3 Å². The van der Waals surface area contributed by atoms with Gasteiger partial charge < -0.3 is 10.6 Å². The fraction of sp³-hybridized carbons (Fsp3) is 0.429. The first-order valence-electron chi connectivity index (χ1n) is 6.27. The molecule has 4 nitrogen and oxygen atoms in total. The molecule has 0 spiro atoms. The number of carbonyl (C=O) groups excluding carboxylic acids is 1. The van der Waals surface area contributed by atoms with E-state index in [0.29, 0.717) is 5.56 Å². The maximum Gasteiger partial charge on any atom is 0.239 e. The molecule has 4 heteroatoms. The van der Waals surface area contributed by atoms with Crippen LogP contribution in [0.25, 0.3) is 0 Å². The maximum atomic E-state index is 11.5. The summed E-state index contributed by atoms with van der Waals surface area (Å²) in [6.07, 6.45) is 3.30. The SMILES string of the molecule is CCCCCNC(=O)CNc1cccc(C#N)c1. The molecular weight excluding hydrogens is 226 g/mol. The normalized spacial score (nSPS) is 9.56. The molecule has 0 atom stereocenters. The van der Waals surface area contributed by atoms with Crippen LogP contribution in [0.15, 0.2) is 24.3 Å². The summed E-state index contributed by atoms with van der Waals surface area (Å²) < 4.78 is 0. The number of amides is 1. The van der Waals surface area contributed by atoms with Crippen LogP contribution in [0.4, 0.5) is 5.69 Å². The van der Waals surface area contributed by atoms with Crippen molar-refractivity contribution in [3.63, 3.8) is 0 Å². The van der Waals surface area contributed by atoms with E-state index < -0.39 is 0 Å². The largest absolute Gasteiger partial charge is 0.376 e. The Morgan fingerprint density at radius 2 is 2.22 bits per heavy atom. The Kier molecular flexibility index (Phi) is 6.34. The van der Waals surface area contributed by atoms with Crippen molar-refractivity contribution in [2.24, 2.45) is 0 Å². The summed E-state index contributed by atoms with van der Waals surface area (Å²) in [4.78, 5) is 11.5. The molecular formula is C14H19N3O. The molecule has 1 amide bonds. The lowest BCUT2D eigenvalue weighted by Crippen LogP contribution is -2.30. The van der Waals surface area contributed by atoms with Gasteiger partial charge in [-0.25, -0.2) is 0 Å². The van der Waals surface area contributed by atoms with E-state index >= 15 is 0 Å². The average Bonchev–Trinajstić information content (AvgIpc) is 2.41. The topological polar surface area (TPSA) is 64.9 Å². The van der Waals surface area contributed by atoms with E-state index in [2.05, 4.69) is 23.6 Å². The smallest absolute Gasteiger partial charge is 0.239 e. The summed E-state index contributed by atoms with van der Waals surface area (Å²) in [5, 5.41) is 14.6. The van der Waals surface area contributed by atoms with E-state index in [4.69, 9.17) is 5.26 Å². The van der Waals surface area contributed by atoms with E-state index in [9.17, 15) is 4.79 Å². The second-order valence-electron chi connectivity index (χ2n) is 4.10. The van der Waals surface area contributed by atoms with Crippen molar-refractivity contribution in [1.29, 1.82) is 5.26 Å². The lowest BCUT2D eigenvalue weighted by molar-refractivity contribution is -0.119. The Labute approximate surface area is 108 Å². The van der Waals surface area contributed by atoms with Gasteiger partial charge in [-0.2, -0.15) is 5.26 Å². The number of nitriles is 1. The minimum absolute atomic E-state index is 0.0199. The summed E-state index contributed by atoms with van der Waals surface area (Å²) in [6.45, 7) is 3.10. The lowest BCUT2D eigenvalue weighted by atomic mass is 10.2. The van der Waals surface area contributed by atoms with Crippen molar-refractivity contribution in [3.8, 4) is 6.07 Å². The average molecular weight is 245 g/mol. The fourth-order valence-electron chi connectivity index (χ4n) is 1.55. The third kappa shape index (κ3) is 5.35. The molecule has 0 aliphatic rings. The zero-order valence-corrected chi connectivity index (χ0v) is 10.7. The van der Waals surface area contributed by atoms with Crippen molar-refractivity contribution >= 4 is 11.6 Å². The highest BCUT2D eigenvalue weighted by Gasteiger charge is 2.00. The first-order valence-corrected chi connectivity index (χ1v) is 6.27. The lowest BCUT2D eigenvalue weighted by Gasteiger charge is -2.07. The van der Waals surface area contributed by atoms with Gasteiger partial charge in [0.15, 0.2) is 0 Å². The molecule has 0 saturated carbocycles. The Morgan fingerprint density at radius 3 is 2.94 bits per heavy atom. The number of benzene rings is 1. The van der Waals surface area contributed by atoms with E-state index in [0.717, 1.165) is 31.5 Å². The fourth-order valence-corrected chi connectivity index (χ4v) is 1.55. The van der Waals surface area contributed by atoms with Gasteiger partial charge in [-0.15, -0.1) is 0 Å². The number of hydrogen-bond acceptors (Lipinski definition) is 3. The number of nitrogens with one attached hydrogen (secondary N) is 2. The van der Waals surface area contributed by atoms with Crippen molar-refractivity contribution in [3.05, 3.63) is 29.8 Å². The predicted octanol–water partition coefficient (Wildman–Crippen LogP) is 2.28. The van der Waals surface area contributed by atoms with E-state index in [1.807, 2.05) is 6.07 Å². The van der Waals surface area contributed by atoms with Crippen LogP contribution in [0.5, 0.6) is 0 Å². The van der Waals surface area contributed by atoms with Crippen molar-refractivity contribution < 1.29 is 4.79 Å². The number of hydrogen-bond donors (Lipinski definition) is 2. The number of anilines is 1. The number of nitrogens with zero attached hydrogens (tertiary/aromatic N) is 1. The molecule has 18 heavy (non-hydrogen) atoms. The molecule has 1 rings (SSSR count). The maximum absolute atomic E-state index is 11.5. The summed E-state index contributed by atoms with van der Waals surface area (Å²) in [7, 11) is 0. The van der Waals surface area contributed by atoms with Gasteiger partial charge in [0.1, 0.15) is 0 Å². The molecule has 2 N–H and O–H groups in total. The second-order valence-corrected chi connectivity index (χ2v) is 4.10. The summed E-state index contributed by atoms with van der Waals surface area (Å²) in [5.41, 5.74) is 1.38. The molecule has 0 bridgehead atoms. The van der Waals surface area contributed by atoms with E-state index in [-0.39, 0.29) is 12.5 Å². The van der Waals surface area contributed by atoms with Crippen LogP contribution in [0.2, 0.25) is 0 Å². The second kappa shape index (κ2) is 8.13. The van der Waals surface area contributed by atoms with Gasteiger partial charge in [-0.05, 0) is 24.6 Å². The van der Waals surface area contributed by atoms with Gasteiger partial charge in [0.05, 0.1) is 18.2 Å². The highest BCUT2D eigenvalue weighted by molar-refractivity contribution is 5.80. The monoisotopic (exact) mass is 245 g/mol. The van der Waals surface area contributed by atoms with Crippen LogP contribution in [-0.2, 0) is 4.79 Å². The molecule has 96 valence electrons. The molecule has 0 fully saturated rings. The molecule has 0 radical (unpaired) electrons. The molecule has 0 heterocycles. The van der Waals surface area contributed by atoms with Gasteiger partial charge in [0, 0.05) is 12.2 Å². The van der Waals surface area contributed by atoms with Crippen molar-refractivity contribution in [2.75, 3.05) is 18.4 Å². The molecule has 0 aliphatic carbocycles. The molecule has 0 saturated heterocycles. The molecule has 0 aromatic heterocycles. The van der Waals surface area contributed by atoms with Gasteiger partial charge in [-0.1, -0.05) is 25.8 Å². The predicted molar refractivity (Wildman–Crippen MR) is 72.2 cm³/mol. The summed E-state index contributed by atoms with van der Waals surface area (Å²) >= 11 is 0. The minimum Gasteiger partial charge on any atom is -0.376 e. The van der Waals surface area contributed by atoms with Gasteiger partial charge in [-0.3, -0.25) is 4.79 Å². The van der Waals surface area contributed by atoms with Gasteiger partial charge in [0.2, 0.25) is 5.91 Å². The first-order chi connectivity index (χ1) is 8.76.